The molecule has 3 heterocycles. The van der Waals surface area contributed by atoms with Crippen molar-refractivity contribution in [2.75, 3.05) is 23.3 Å². The molecule has 2 N–H and O–H groups in total. The van der Waals surface area contributed by atoms with Crippen molar-refractivity contribution in [1.82, 2.24) is 20.2 Å². The molecule has 3 aromatic rings. The first kappa shape index (κ1) is 19.9. The van der Waals surface area contributed by atoms with Gasteiger partial charge in [0.05, 0.1) is 11.6 Å². The van der Waals surface area contributed by atoms with E-state index in [0.717, 1.165) is 74.1 Å². The maximum absolute atomic E-state index is 9.69. The van der Waals surface area contributed by atoms with Gasteiger partial charge in [-0.25, -0.2) is 9.97 Å². The maximum Gasteiger partial charge on any atom is 0.223 e. The first-order valence-corrected chi connectivity index (χ1v) is 11.1. The second-order valence-electron chi connectivity index (χ2n) is 8.45. The zero-order valence-corrected chi connectivity index (χ0v) is 17.5. The van der Waals surface area contributed by atoms with E-state index < -0.39 is 0 Å². The van der Waals surface area contributed by atoms with E-state index in [1.807, 2.05) is 36.5 Å². The molecule has 1 aromatic carbocycles. The van der Waals surface area contributed by atoms with Crippen molar-refractivity contribution in [2.45, 2.75) is 56.8 Å². The Balaban J connectivity index is 1.21. The number of ether oxygens (including phenoxy) is 1. The predicted molar refractivity (Wildman–Crippen MR) is 119 cm³/mol. The van der Waals surface area contributed by atoms with Crippen molar-refractivity contribution in [2.24, 2.45) is 0 Å². The molecule has 0 spiro atoms. The molecule has 1 saturated heterocycles. The summed E-state index contributed by atoms with van der Waals surface area (Å²) in [6.45, 7) is 1.81. The fraction of sp³-hybridized carbons (Fsp3) is 0.478. The van der Waals surface area contributed by atoms with Crippen LogP contribution < -0.4 is 15.0 Å². The van der Waals surface area contributed by atoms with Crippen molar-refractivity contribution < 1.29 is 9.84 Å². The molecule has 1 saturated carbocycles. The molecule has 8 heteroatoms. The summed E-state index contributed by atoms with van der Waals surface area (Å²) in [7, 11) is 0. The van der Waals surface area contributed by atoms with Gasteiger partial charge in [0.1, 0.15) is 11.9 Å². The molecule has 5 rings (SSSR count). The molecule has 2 aromatic heterocycles. The van der Waals surface area contributed by atoms with Crippen LogP contribution in [0.25, 0.3) is 10.9 Å². The zero-order chi connectivity index (χ0) is 21.0. The van der Waals surface area contributed by atoms with Crippen LogP contribution in [0.2, 0.25) is 0 Å². The fourth-order valence-electron chi connectivity index (χ4n) is 4.41. The number of hydrogen-bond donors (Lipinski definition) is 2. The highest BCUT2D eigenvalue weighted by atomic mass is 16.5. The summed E-state index contributed by atoms with van der Waals surface area (Å²) in [5, 5.41) is 22.3. The van der Waals surface area contributed by atoms with Gasteiger partial charge in [0, 0.05) is 55.8 Å². The molecule has 162 valence electrons. The number of rotatable bonds is 5. The van der Waals surface area contributed by atoms with E-state index in [9.17, 15) is 5.11 Å². The lowest BCUT2D eigenvalue weighted by molar-refractivity contribution is 0.126. The van der Waals surface area contributed by atoms with Crippen LogP contribution >= 0.6 is 0 Å². The van der Waals surface area contributed by atoms with E-state index in [0.29, 0.717) is 12.0 Å². The third-order valence-corrected chi connectivity index (χ3v) is 6.21. The third-order valence-electron chi connectivity index (χ3n) is 6.21. The van der Waals surface area contributed by atoms with Crippen LogP contribution in [0, 0.1) is 0 Å². The summed E-state index contributed by atoms with van der Waals surface area (Å²) in [5.74, 6) is 2.41. The first-order chi connectivity index (χ1) is 15.2. The van der Waals surface area contributed by atoms with Gasteiger partial charge < -0.3 is 20.1 Å². The summed E-state index contributed by atoms with van der Waals surface area (Å²) in [4.78, 5) is 11.4. The monoisotopic (exact) mass is 420 g/mol. The predicted octanol–water partition coefficient (Wildman–Crippen LogP) is 3.18. The Labute approximate surface area is 181 Å². The maximum atomic E-state index is 9.69. The Morgan fingerprint density at radius 2 is 1.87 bits per heavy atom. The number of aliphatic hydroxyl groups excluding tert-OH is 1. The summed E-state index contributed by atoms with van der Waals surface area (Å²) in [5.41, 5.74) is 0.878. The van der Waals surface area contributed by atoms with E-state index >= 15 is 0 Å². The lowest BCUT2D eigenvalue weighted by atomic mass is 9.93. The molecule has 31 heavy (non-hydrogen) atoms. The quantitative estimate of drug-likeness (QED) is 0.650. The van der Waals surface area contributed by atoms with Crippen LogP contribution in [-0.2, 0) is 0 Å². The Hall–Kier alpha value is -3.00. The van der Waals surface area contributed by atoms with Crippen molar-refractivity contribution in [1.29, 1.82) is 0 Å². The number of nitrogens with zero attached hydrogens (tertiary/aromatic N) is 5. The van der Waals surface area contributed by atoms with Crippen LogP contribution in [0.4, 0.5) is 11.8 Å². The van der Waals surface area contributed by atoms with Crippen molar-refractivity contribution in [3.63, 3.8) is 0 Å². The van der Waals surface area contributed by atoms with Crippen LogP contribution in [0.15, 0.2) is 42.7 Å². The highest BCUT2D eigenvalue weighted by Crippen LogP contribution is 2.26. The van der Waals surface area contributed by atoms with Gasteiger partial charge in [-0.3, -0.25) is 0 Å². The average Bonchev–Trinajstić information content (AvgIpc) is 2.81. The molecule has 2 aliphatic rings. The average molecular weight is 421 g/mol. The molecule has 0 bridgehead atoms. The number of hydrogen-bond acceptors (Lipinski definition) is 8. The number of piperidine rings is 1. The standard InChI is InChI=1S/C23H28N6O2/c30-18-6-4-17(5-7-18)26-23-24-15-16-3-8-20(14-21(16)27-23)31-19-9-12-29(13-10-19)22-2-1-11-25-28-22/h1-3,8,11,14-15,17-19,30H,4-7,9-10,12-13H2,(H,24,26,27)/t17-,18-. The Kier molecular flexibility index (Phi) is 5.80. The summed E-state index contributed by atoms with van der Waals surface area (Å²) < 4.78 is 6.28. The molecule has 8 nitrogen and oxygen atoms in total. The lowest BCUT2D eigenvalue weighted by Crippen LogP contribution is -2.38. The SMILES string of the molecule is O[C@H]1CC[C@H](Nc2ncc3ccc(OC4CCN(c5cccnn5)CC4)cc3n2)CC1. The second kappa shape index (κ2) is 9.01. The van der Waals surface area contributed by atoms with Gasteiger partial charge in [-0.15, -0.1) is 5.10 Å². The molecule has 0 amide bonds. The summed E-state index contributed by atoms with van der Waals surface area (Å²) in [6.07, 6.45) is 9.00. The fourth-order valence-corrected chi connectivity index (χ4v) is 4.41. The van der Waals surface area contributed by atoms with E-state index in [-0.39, 0.29) is 12.2 Å². The van der Waals surface area contributed by atoms with Gasteiger partial charge >= 0.3 is 0 Å². The highest BCUT2D eigenvalue weighted by Gasteiger charge is 2.22. The largest absolute Gasteiger partial charge is 0.490 e. The number of anilines is 2. The Bertz CT molecular complexity index is 1000. The van der Waals surface area contributed by atoms with E-state index in [1.165, 1.54) is 0 Å². The van der Waals surface area contributed by atoms with Gasteiger partial charge in [0.25, 0.3) is 0 Å². The van der Waals surface area contributed by atoms with Crippen LogP contribution in [0.1, 0.15) is 38.5 Å². The molecule has 1 aliphatic carbocycles. The second-order valence-corrected chi connectivity index (χ2v) is 8.45. The van der Waals surface area contributed by atoms with Gasteiger partial charge in [-0.05, 0) is 49.9 Å². The van der Waals surface area contributed by atoms with Gasteiger partial charge in [-0.2, -0.15) is 5.10 Å². The molecule has 0 atom stereocenters. The molecular formula is C23H28N6O2. The van der Waals surface area contributed by atoms with E-state index in [1.54, 1.807) is 6.20 Å². The number of benzene rings is 1. The third kappa shape index (κ3) is 4.85. The number of nitrogens with one attached hydrogen (secondary N) is 1. The number of aromatic nitrogens is 4. The van der Waals surface area contributed by atoms with Crippen LogP contribution in [0.5, 0.6) is 5.75 Å². The molecule has 0 radical (unpaired) electrons. The van der Waals surface area contributed by atoms with Gasteiger partial charge in [-0.1, -0.05) is 0 Å². The van der Waals surface area contributed by atoms with Gasteiger partial charge in [0.2, 0.25) is 5.95 Å². The van der Waals surface area contributed by atoms with Gasteiger partial charge in [0.15, 0.2) is 5.82 Å². The van der Waals surface area contributed by atoms with Crippen LogP contribution in [-0.4, -0.2) is 56.6 Å². The molecule has 1 aliphatic heterocycles. The zero-order valence-electron chi connectivity index (χ0n) is 17.5. The number of aliphatic hydroxyl groups is 1. The summed E-state index contributed by atoms with van der Waals surface area (Å²) in [6, 6.07) is 10.2. The first-order valence-electron chi connectivity index (χ1n) is 11.1. The van der Waals surface area contributed by atoms with E-state index in [4.69, 9.17) is 9.72 Å². The minimum Gasteiger partial charge on any atom is -0.490 e. The van der Waals surface area contributed by atoms with E-state index in [2.05, 4.69) is 25.4 Å². The Morgan fingerprint density at radius 3 is 2.65 bits per heavy atom. The summed E-state index contributed by atoms with van der Waals surface area (Å²) >= 11 is 0. The topological polar surface area (TPSA) is 96.3 Å². The van der Waals surface area contributed by atoms with Crippen molar-refractivity contribution in [3.8, 4) is 5.75 Å². The minimum absolute atomic E-state index is 0.164. The highest BCUT2D eigenvalue weighted by molar-refractivity contribution is 5.80. The number of fused-ring (bicyclic) bond motifs is 1. The van der Waals surface area contributed by atoms with Crippen molar-refractivity contribution >= 4 is 22.7 Å². The normalized spacial score (nSPS) is 22.4. The Morgan fingerprint density at radius 1 is 1.03 bits per heavy atom. The molecule has 2 fully saturated rings. The van der Waals surface area contributed by atoms with Crippen molar-refractivity contribution in [3.05, 3.63) is 42.7 Å². The molecule has 0 unspecified atom stereocenters. The minimum atomic E-state index is -0.164. The lowest BCUT2D eigenvalue weighted by Gasteiger charge is -2.32. The van der Waals surface area contributed by atoms with Crippen LogP contribution in [0.3, 0.4) is 0 Å². The molecular weight excluding hydrogens is 392 g/mol. The smallest absolute Gasteiger partial charge is 0.223 e.